The molecule has 0 saturated carbocycles. The second-order valence-electron chi connectivity index (χ2n) is 17.5. The molecule has 314 valence electrons. The molecule has 0 amide bonds. The number of nitrogens with zero attached hydrogens (tertiary/aromatic N) is 1. The van der Waals surface area contributed by atoms with Gasteiger partial charge in [0.25, 0.3) is 0 Å². The number of benzene rings is 11. The van der Waals surface area contributed by atoms with E-state index in [1.54, 1.807) is 0 Å². The van der Waals surface area contributed by atoms with Crippen LogP contribution < -0.4 is 4.90 Å². The van der Waals surface area contributed by atoms with E-state index in [2.05, 4.69) is 266 Å². The summed E-state index contributed by atoms with van der Waals surface area (Å²) < 4.78 is 7.42. The minimum Gasteiger partial charge on any atom is -0.453 e. The maximum atomic E-state index is 7.42. The molecule has 0 atom stereocenters. The molecule has 1 aliphatic carbocycles. The molecule has 0 N–H and O–H groups in total. The maximum Gasteiger partial charge on any atom is 0.159 e. The lowest BCUT2D eigenvalue weighted by Crippen LogP contribution is -2.28. The summed E-state index contributed by atoms with van der Waals surface area (Å²) >= 11 is 0. The van der Waals surface area contributed by atoms with Crippen LogP contribution in [0.25, 0.3) is 77.2 Å². The molecule has 13 rings (SSSR count). The first-order chi connectivity index (χ1) is 33.3. The van der Waals surface area contributed by atoms with Crippen LogP contribution in [0.2, 0.25) is 0 Å². The molecule has 0 radical (unpaired) electrons. The van der Waals surface area contributed by atoms with E-state index in [1.165, 1.54) is 49.7 Å². The van der Waals surface area contributed by atoms with Crippen molar-refractivity contribution in [1.29, 1.82) is 0 Å². The topological polar surface area (TPSA) is 16.4 Å². The van der Waals surface area contributed by atoms with Gasteiger partial charge in [0.2, 0.25) is 0 Å². The van der Waals surface area contributed by atoms with Crippen molar-refractivity contribution in [2.24, 2.45) is 0 Å². The van der Waals surface area contributed by atoms with Crippen LogP contribution >= 0.6 is 0 Å². The number of rotatable bonds is 8. The Labute approximate surface area is 390 Å². The number of hydrogen-bond acceptors (Lipinski definition) is 2. The summed E-state index contributed by atoms with van der Waals surface area (Å²) in [5.74, 6) is 0. The Morgan fingerprint density at radius 3 is 1.60 bits per heavy atom. The highest BCUT2D eigenvalue weighted by molar-refractivity contribution is 6.19. The predicted octanol–water partition coefficient (Wildman–Crippen LogP) is 17.6. The van der Waals surface area contributed by atoms with Crippen molar-refractivity contribution in [3.8, 4) is 44.5 Å². The molecule has 1 aromatic heterocycles. The van der Waals surface area contributed by atoms with Crippen molar-refractivity contribution < 1.29 is 4.42 Å². The van der Waals surface area contributed by atoms with Crippen LogP contribution in [-0.2, 0) is 5.41 Å². The Hall–Kier alpha value is -8.72. The summed E-state index contributed by atoms with van der Waals surface area (Å²) in [4.78, 5) is 2.45. The lowest BCUT2D eigenvalue weighted by atomic mass is 9.68. The normalized spacial score (nSPS) is 12.6. The minimum absolute atomic E-state index is 0.559. The molecule has 0 saturated heterocycles. The first-order valence-corrected chi connectivity index (χ1v) is 23.1. The summed E-state index contributed by atoms with van der Waals surface area (Å²) in [5.41, 5.74) is 18.4. The second kappa shape index (κ2) is 15.8. The number of fused-ring (bicyclic) bond motifs is 7. The molecule has 0 fully saturated rings. The molecule has 11 aromatic carbocycles. The van der Waals surface area contributed by atoms with E-state index in [0.29, 0.717) is 0 Å². The number of hydrogen-bond donors (Lipinski definition) is 0. The SMILES string of the molecule is c1ccc(-c2ccc(-c3ccccc3)c3c2oc2c(N(c4ccc(-c5ccc6ccccc6c5)cc4)c4cccc5c4-c4ccccc4C5(c4ccccc4)c4ccccc4)cccc23)cc1. The maximum absolute atomic E-state index is 7.42. The van der Waals surface area contributed by atoms with Crippen LogP contribution in [0.4, 0.5) is 17.1 Å². The van der Waals surface area contributed by atoms with Crippen molar-refractivity contribution in [2.75, 3.05) is 4.90 Å². The third-order valence-electron chi connectivity index (χ3n) is 13.9. The lowest BCUT2D eigenvalue weighted by Gasteiger charge is -2.34. The Balaban J connectivity index is 1.10. The Morgan fingerprint density at radius 2 is 0.881 bits per heavy atom. The fourth-order valence-electron chi connectivity index (χ4n) is 11.0. The monoisotopic (exact) mass is 853 g/mol. The van der Waals surface area contributed by atoms with E-state index in [4.69, 9.17) is 4.42 Å². The number of para-hydroxylation sites is 1. The van der Waals surface area contributed by atoms with Gasteiger partial charge >= 0.3 is 0 Å². The molecule has 0 aliphatic heterocycles. The Morgan fingerprint density at radius 1 is 0.328 bits per heavy atom. The van der Waals surface area contributed by atoms with Crippen molar-refractivity contribution in [3.63, 3.8) is 0 Å². The van der Waals surface area contributed by atoms with Gasteiger partial charge in [-0.25, -0.2) is 0 Å². The molecule has 2 nitrogen and oxygen atoms in total. The summed E-state index contributed by atoms with van der Waals surface area (Å²) in [5, 5.41) is 4.63. The molecule has 12 aromatic rings. The van der Waals surface area contributed by atoms with Crippen LogP contribution in [0.5, 0.6) is 0 Å². The third kappa shape index (κ3) is 6.11. The minimum atomic E-state index is -0.559. The van der Waals surface area contributed by atoms with E-state index < -0.39 is 5.41 Å². The summed E-state index contributed by atoms with van der Waals surface area (Å²) in [7, 11) is 0. The molecular formula is C65H43NO. The second-order valence-corrected chi connectivity index (χ2v) is 17.5. The van der Waals surface area contributed by atoms with Gasteiger partial charge in [0, 0.05) is 27.6 Å². The fraction of sp³-hybridized carbons (Fsp3) is 0.0154. The van der Waals surface area contributed by atoms with Gasteiger partial charge < -0.3 is 9.32 Å². The van der Waals surface area contributed by atoms with Crippen LogP contribution in [0.1, 0.15) is 22.3 Å². The first kappa shape index (κ1) is 38.7. The Kier molecular flexibility index (Phi) is 9.11. The highest BCUT2D eigenvalue weighted by Crippen LogP contribution is 2.60. The van der Waals surface area contributed by atoms with Crippen LogP contribution in [0, 0.1) is 0 Å². The molecule has 1 heterocycles. The molecular weight excluding hydrogens is 811 g/mol. The summed E-state index contributed by atoms with van der Waals surface area (Å²) in [6.07, 6.45) is 0. The standard InChI is InChI=1S/C65H43NO/c1-5-20-46(21-6-1)53-41-42-54(47-22-7-2-8-23-47)64-61(53)56-30-17-34-60(63(56)67-64)66(52-39-37-45(38-40-52)49-36-35-44-19-13-14-24-48(44)43-49)59-33-18-32-58-62(59)55-29-15-16-31-57(55)65(58,50-25-9-3-10-26-50)51-27-11-4-12-28-51/h1-43H. The van der Waals surface area contributed by atoms with E-state index in [0.717, 1.165) is 66.8 Å². The third-order valence-corrected chi connectivity index (χ3v) is 13.9. The van der Waals surface area contributed by atoms with Gasteiger partial charge in [0.1, 0.15) is 5.58 Å². The first-order valence-electron chi connectivity index (χ1n) is 23.1. The average molecular weight is 854 g/mol. The van der Waals surface area contributed by atoms with E-state index >= 15 is 0 Å². The largest absolute Gasteiger partial charge is 0.453 e. The van der Waals surface area contributed by atoms with Crippen LogP contribution in [0.3, 0.4) is 0 Å². The quantitative estimate of drug-likeness (QED) is 0.151. The fourth-order valence-corrected chi connectivity index (χ4v) is 11.0. The van der Waals surface area contributed by atoms with E-state index in [-0.39, 0.29) is 0 Å². The highest BCUT2D eigenvalue weighted by Gasteiger charge is 2.47. The number of furan rings is 1. The average Bonchev–Trinajstić information content (AvgIpc) is 3.95. The van der Waals surface area contributed by atoms with Gasteiger partial charge in [-0.15, -0.1) is 0 Å². The highest BCUT2D eigenvalue weighted by atomic mass is 16.3. The molecule has 1 aliphatic rings. The molecule has 2 heteroatoms. The Bertz CT molecular complexity index is 3740. The molecule has 0 bridgehead atoms. The smallest absolute Gasteiger partial charge is 0.159 e. The summed E-state index contributed by atoms with van der Waals surface area (Å²) in [6.45, 7) is 0. The van der Waals surface area contributed by atoms with Crippen molar-refractivity contribution in [3.05, 3.63) is 283 Å². The lowest BCUT2D eigenvalue weighted by molar-refractivity contribution is 0.670. The zero-order valence-electron chi connectivity index (χ0n) is 36.7. The zero-order valence-corrected chi connectivity index (χ0v) is 36.7. The van der Waals surface area contributed by atoms with Crippen LogP contribution in [0.15, 0.2) is 265 Å². The molecule has 0 spiro atoms. The van der Waals surface area contributed by atoms with Gasteiger partial charge in [0.15, 0.2) is 5.58 Å². The van der Waals surface area contributed by atoms with Crippen LogP contribution in [-0.4, -0.2) is 0 Å². The van der Waals surface area contributed by atoms with Crippen molar-refractivity contribution >= 4 is 49.8 Å². The van der Waals surface area contributed by atoms with E-state index in [1.807, 2.05) is 0 Å². The van der Waals surface area contributed by atoms with Crippen molar-refractivity contribution in [2.45, 2.75) is 5.41 Å². The number of anilines is 3. The van der Waals surface area contributed by atoms with Gasteiger partial charge in [-0.2, -0.15) is 0 Å². The van der Waals surface area contributed by atoms with Gasteiger partial charge in [0.05, 0.1) is 16.8 Å². The van der Waals surface area contributed by atoms with Gasteiger partial charge in [-0.1, -0.05) is 224 Å². The zero-order chi connectivity index (χ0) is 44.3. The van der Waals surface area contributed by atoms with Gasteiger partial charge in [-0.3, -0.25) is 0 Å². The summed E-state index contributed by atoms with van der Waals surface area (Å²) in [6, 6.07) is 94.8. The molecule has 67 heavy (non-hydrogen) atoms. The van der Waals surface area contributed by atoms with Crippen molar-refractivity contribution in [1.82, 2.24) is 0 Å². The van der Waals surface area contributed by atoms with Gasteiger partial charge in [-0.05, 0) is 103 Å². The predicted molar refractivity (Wildman–Crippen MR) is 280 cm³/mol. The molecule has 0 unspecified atom stereocenters. The van der Waals surface area contributed by atoms with E-state index in [9.17, 15) is 0 Å².